The van der Waals surface area contributed by atoms with Gasteiger partial charge in [0.1, 0.15) is 5.82 Å². The first-order chi connectivity index (χ1) is 20.0. The van der Waals surface area contributed by atoms with E-state index in [2.05, 4.69) is 24.3 Å². The van der Waals surface area contributed by atoms with Crippen LogP contribution in [0.15, 0.2) is 83.3 Å². The van der Waals surface area contributed by atoms with Gasteiger partial charge in [-0.05, 0) is 67.1 Å². The van der Waals surface area contributed by atoms with Crippen molar-refractivity contribution in [1.82, 2.24) is 0 Å². The van der Waals surface area contributed by atoms with Crippen LogP contribution in [0.2, 0.25) is 5.02 Å². The Hall–Kier alpha value is -3.67. The van der Waals surface area contributed by atoms with Gasteiger partial charge >= 0.3 is 6.18 Å². The van der Waals surface area contributed by atoms with E-state index in [1.165, 1.54) is 22.6 Å². The summed E-state index contributed by atoms with van der Waals surface area (Å²) in [4.78, 5) is 14.9. The van der Waals surface area contributed by atoms with Crippen molar-refractivity contribution in [3.63, 3.8) is 0 Å². The van der Waals surface area contributed by atoms with Gasteiger partial charge in [-0.2, -0.15) is 30.2 Å². The van der Waals surface area contributed by atoms with Gasteiger partial charge in [-0.3, -0.25) is 9.69 Å². The number of halogens is 4. The molecule has 0 saturated carbocycles. The van der Waals surface area contributed by atoms with Crippen molar-refractivity contribution in [2.75, 3.05) is 4.90 Å². The zero-order valence-corrected chi connectivity index (χ0v) is 24.8. The van der Waals surface area contributed by atoms with E-state index in [1.54, 1.807) is 11.8 Å². The molecule has 2 aliphatic rings. The largest absolute Gasteiger partial charge is 0.418 e. The number of benzene rings is 3. The third-order valence-corrected chi connectivity index (χ3v) is 9.09. The molecule has 1 atom stereocenters. The zero-order valence-electron chi connectivity index (χ0n) is 23.2. The van der Waals surface area contributed by atoms with Crippen LogP contribution in [0.1, 0.15) is 58.6 Å². The minimum atomic E-state index is -4.73. The van der Waals surface area contributed by atoms with E-state index in [1.807, 2.05) is 38.1 Å². The Labute approximate surface area is 252 Å². The van der Waals surface area contributed by atoms with Crippen molar-refractivity contribution in [3.8, 4) is 6.07 Å². The molecule has 0 fully saturated rings. The molecule has 1 heterocycles. The van der Waals surface area contributed by atoms with Gasteiger partial charge in [-0.15, -0.1) is 0 Å². The molecule has 216 valence electrons. The van der Waals surface area contributed by atoms with E-state index in [0.29, 0.717) is 24.1 Å². The highest BCUT2D eigenvalue weighted by atomic mass is 35.5. The van der Waals surface area contributed by atoms with Gasteiger partial charge in [0.25, 0.3) is 0 Å². The Morgan fingerprint density at radius 1 is 1.07 bits per heavy atom. The number of anilines is 1. The highest BCUT2D eigenvalue weighted by molar-refractivity contribution is 7.97. The van der Waals surface area contributed by atoms with E-state index in [4.69, 9.17) is 17.3 Å². The van der Waals surface area contributed by atoms with Gasteiger partial charge in [0.2, 0.25) is 0 Å². The van der Waals surface area contributed by atoms with Gasteiger partial charge in [0, 0.05) is 34.2 Å². The second kappa shape index (κ2) is 11.9. The molecule has 3 aromatic rings. The Bertz CT molecular complexity index is 1660. The van der Waals surface area contributed by atoms with Crippen molar-refractivity contribution in [1.29, 1.82) is 5.26 Å². The first kappa shape index (κ1) is 29.8. The van der Waals surface area contributed by atoms with E-state index in [9.17, 15) is 23.2 Å². The highest BCUT2D eigenvalue weighted by Gasteiger charge is 2.44. The van der Waals surface area contributed by atoms with Crippen LogP contribution in [0.3, 0.4) is 0 Å². The summed E-state index contributed by atoms with van der Waals surface area (Å²) in [6.45, 7) is 3.93. The summed E-state index contributed by atoms with van der Waals surface area (Å²) in [6, 6.07) is 19.8. The first-order valence-corrected chi connectivity index (χ1v) is 15.1. The number of alkyl halides is 3. The number of thioether (sulfide) groups is 1. The van der Waals surface area contributed by atoms with Crippen molar-refractivity contribution in [3.05, 3.63) is 122 Å². The van der Waals surface area contributed by atoms with Crippen molar-refractivity contribution < 1.29 is 18.0 Å². The topological polar surface area (TPSA) is 70.1 Å². The number of rotatable bonds is 6. The molecule has 3 aromatic carbocycles. The van der Waals surface area contributed by atoms with Crippen LogP contribution in [0, 0.1) is 25.2 Å². The number of allylic oxidation sites excluding steroid dienone is 3. The number of nitrogens with zero attached hydrogens (tertiary/aromatic N) is 2. The quantitative estimate of drug-likeness (QED) is 0.303. The molecule has 0 amide bonds. The molecule has 0 radical (unpaired) electrons. The lowest BCUT2D eigenvalue weighted by Crippen LogP contribution is -2.39. The molecule has 0 saturated heterocycles. The predicted octanol–water partition coefficient (Wildman–Crippen LogP) is 8.71. The number of carbonyl (C=O) groups excluding carboxylic acids is 1. The minimum Gasteiger partial charge on any atom is -0.384 e. The fourth-order valence-electron chi connectivity index (χ4n) is 5.87. The Balaban J connectivity index is 1.64. The summed E-state index contributed by atoms with van der Waals surface area (Å²) in [7, 11) is 0. The standard InChI is InChI=1S/C33H29ClF3N3OS/c1-19-13-22(18-42-17-21-7-4-3-5-8-21)20(2)24(14-19)30-25(16-38)32(39)40(28-9-6-10-29(41)31(28)30)27-12-11-23(34)15-26(27)33(35,36)37/h3-5,7-8,11-15,30H,6,9-10,17-18,39H2,1-2H3. The van der Waals surface area contributed by atoms with Crippen molar-refractivity contribution in [2.45, 2.75) is 56.7 Å². The van der Waals surface area contributed by atoms with Crippen molar-refractivity contribution in [2.24, 2.45) is 5.73 Å². The van der Waals surface area contributed by atoms with Crippen LogP contribution in [-0.2, 0) is 22.5 Å². The SMILES string of the molecule is Cc1cc(CSCc2ccccc2)c(C)c(C2C(C#N)=C(N)N(c3ccc(Cl)cc3C(F)(F)F)C3=C2C(=O)CCC3)c1. The molecule has 1 aliphatic heterocycles. The van der Waals surface area contributed by atoms with Crippen LogP contribution in [0.5, 0.6) is 0 Å². The van der Waals surface area contributed by atoms with E-state index in [-0.39, 0.29) is 34.3 Å². The Kier molecular flexibility index (Phi) is 8.45. The maximum Gasteiger partial charge on any atom is 0.418 e. The molecule has 0 aromatic heterocycles. The van der Waals surface area contributed by atoms with Crippen LogP contribution in [0.4, 0.5) is 18.9 Å². The molecule has 0 spiro atoms. The summed E-state index contributed by atoms with van der Waals surface area (Å²) in [5.41, 5.74) is 11.1. The average molecular weight is 608 g/mol. The van der Waals surface area contributed by atoms with E-state index in [0.717, 1.165) is 39.8 Å². The van der Waals surface area contributed by atoms with Crippen LogP contribution in [-0.4, -0.2) is 5.78 Å². The second-order valence-corrected chi connectivity index (χ2v) is 12.0. The third kappa shape index (κ3) is 5.68. The third-order valence-electron chi connectivity index (χ3n) is 7.80. The number of nitrogens with two attached hydrogens (primary N) is 1. The van der Waals surface area contributed by atoms with Crippen molar-refractivity contribution >= 4 is 34.8 Å². The molecule has 1 unspecified atom stereocenters. The maximum absolute atomic E-state index is 14.2. The summed E-state index contributed by atoms with van der Waals surface area (Å²) in [5, 5.41) is 10.3. The molecule has 0 bridgehead atoms. The molecule has 2 N–H and O–H groups in total. The number of nitriles is 1. The Morgan fingerprint density at radius 3 is 2.50 bits per heavy atom. The monoisotopic (exact) mass is 607 g/mol. The van der Waals surface area contributed by atoms with Crippen LogP contribution in [0.25, 0.3) is 0 Å². The summed E-state index contributed by atoms with van der Waals surface area (Å²) >= 11 is 7.72. The molecular weight excluding hydrogens is 579 g/mol. The maximum atomic E-state index is 14.2. The summed E-state index contributed by atoms with van der Waals surface area (Å²) < 4.78 is 42.6. The smallest absolute Gasteiger partial charge is 0.384 e. The van der Waals surface area contributed by atoms with E-state index >= 15 is 0 Å². The summed E-state index contributed by atoms with van der Waals surface area (Å²) in [6.07, 6.45) is -3.66. The van der Waals surface area contributed by atoms with Gasteiger partial charge in [0.05, 0.1) is 28.8 Å². The number of hydrogen-bond acceptors (Lipinski definition) is 5. The molecule has 9 heteroatoms. The predicted molar refractivity (Wildman–Crippen MR) is 162 cm³/mol. The highest BCUT2D eigenvalue weighted by Crippen LogP contribution is 2.50. The molecular formula is C33H29ClF3N3OS. The van der Waals surface area contributed by atoms with E-state index < -0.39 is 17.7 Å². The van der Waals surface area contributed by atoms with Gasteiger partial charge in [0.15, 0.2) is 5.78 Å². The van der Waals surface area contributed by atoms with Crippen LogP contribution < -0.4 is 10.6 Å². The van der Waals surface area contributed by atoms with Gasteiger partial charge < -0.3 is 5.73 Å². The number of carbonyl (C=O) groups is 1. The minimum absolute atomic E-state index is 0.0589. The number of Topliss-reactive ketones (excluding diaryl/α,β-unsaturated/α-hetero) is 1. The molecule has 4 nitrogen and oxygen atoms in total. The van der Waals surface area contributed by atoms with Gasteiger partial charge in [-0.25, -0.2) is 0 Å². The number of aryl methyl sites for hydroxylation is 1. The lowest BCUT2D eigenvalue weighted by molar-refractivity contribution is -0.137. The fraction of sp³-hybridized carbons (Fsp3) is 0.273. The molecule has 1 aliphatic carbocycles. The normalized spacial score (nSPS) is 17.4. The fourth-order valence-corrected chi connectivity index (χ4v) is 7.09. The lowest BCUT2D eigenvalue weighted by Gasteiger charge is -2.41. The number of ketones is 1. The zero-order chi connectivity index (χ0) is 30.2. The number of hydrogen-bond donors (Lipinski definition) is 1. The first-order valence-electron chi connectivity index (χ1n) is 13.6. The van der Waals surface area contributed by atoms with Crippen LogP contribution >= 0.6 is 23.4 Å². The molecule has 5 rings (SSSR count). The lowest BCUT2D eigenvalue weighted by atomic mass is 9.73. The second-order valence-electron chi connectivity index (χ2n) is 10.6. The van der Waals surface area contributed by atoms with Gasteiger partial charge in [-0.1, -0.05) is 59.6 Å². The Morgan fingerprint density at radius 2 is 1.81 bits per heavy atom. The average Bonchev–Trinajstić information content (AvgIpc) is 2.95. The summed E-state index contributed by atoms with van der Waals surface area (Å²) in [5.74, 6) is 0.483. The molecule has 42 heavy (non-hydrogen) atoms.